The quantitative estimate of drug-likeness (QED) is 0.605. The largest absolute Gasteiger partial charge is 0.390 e. The van der Waals surface area contributed by atoms with Crippen LogP contribution in [0.15, 0.2) is 0 Å². The Labute approximate surface area is 93.0 Å². The molecule has 92 valence electrons. The molecule has 0 spiro atoms. The normalized spacial score (nSPS) is 16.3. The lowest BCUT2D eigenvalue weighted by atomic mass is 9.99. The molecule has 1 atom stereocenters. The van der Waals surface area contributed by atoms with Crippen molar-refractivity contribution in [2.45, 2.75) is 38.7 Å². The van der Waals surface area contributed by atoms with E-state index in [9.17, 15) is 13.5 Å². The molecule has 0 aliphatic heterocycles. The summed E-state index contributed by atoms with van der Waals surface area (Å²) in [5.74, 6) is 0.0494. The smallest absolute Gasteiger partial charge is 0.147 e. The highest BCUT2D eigenvalue weighted by Gasteiger charge is 2.21. The maximum atomic E-state index is 10.9. The number of aliphatic hydroxyl groups is 1. The monoisotopic (exact) mass is 237 g/mol. The highest BCUT2D eigenvalue weighted by Crippen LogP contribution is 2.14. The fourth-order valence-electron chi connectivity index (χ4n) is 1.19. The van der Waals surface area contributed by atoms with E-state index >= 15 is 0 Å². The number of nitrogens with one attached hydrogen (secondary N) is 1. The van der Waals surface area contributed by atoms with Gasteiger partial charge in [0.15, 0.2) is 0 Å². The lowest BCUT2D eigenvalue weighted by Crippen LogP contribution is -2.32. The van der Waals surface area contributed by atoms with Crippen LogP contribution < -0.4 is 5.32 Å². The Hall–Kier alpha value is -0.130. The minimum absolute atomic E-state index is 0.0494. The predicted molar refractivity (Wildman–Crippen MR) is 62.7 cm³/mol. The van der Waals surface area contributed by atoms with Crippen LogP contribution in [0.5, 0.6) is 0 Å². The number of sulfone groups is 1. The molecule has 0 aromatic rings. The molecule has 15 heavy (non-hydrogen) atoms. The van der Waals surface area contributed by atoms with E-state index in [0.717, 1.165) is 19.5 Å². The Morgan fingerprint density at radius 3 is 2.33 bits per heavy atom. The van der Waals surface area contributed by atoms with E-state index in [1.54, 1.807) is 6.92 Å². The first-order chi connectivity index (χ1) is 6.77. The second-order valence-corrected chi connectivity index (χ2v) is 6.64. The van der Waals surface area contributed by atoms with Crippen LogP contribution in [-0.4, -0.2) is 44.2 Å². The Morgan fingerprint density at radius 2 is 1.87 bits per heavy atom. The highest BCUT2D eigenvalue weighted by atomic mass is 32.2. The summed E-state index contributed by atoms with van der Waals surface area (Å²) in [5, 5.41) is 13.1. The molecule has 0 heterocycles. The van der Waals surface area contributed by atoms with E-state index in [1.165, 1.54) is 6.26 Å². The standard InChI is InChI=1S/C10H23NO3S/c1-4-7-11-8-5-10(2,12)6-9-15(3,13)14/h11-12H,4-9H2,1-3H3. The van der Waals surface area contributed by atoms with Crippen molar-refractivity contribution in [3.05, 3.63) is 0 Å². The van der Waals surface area contributed by atoms with Crippen LogP contribution in [-0.2, 0) is 9.84 Å². The summed E-state index contributed by atoms with van der Waals surface area (Å²) in [6.07, 6.45) is 3.14. The molecule has 0 radical (unpaired) electrons. The third kappa shape index (κ3) is 10.2. The van der Waals surface area contributed by atoms with Crippen molar-refractivity contribution in [2.75, 3.05) is 25.1 Å². The van der Waals surface area contributed by atoms with Gasteiger partial charge in [0.1, 0.15) is 9.84 Å². The van der Waals surface area contributed by atoms with Crippen LogP contribution in [0.1, 0.15) is 33.1 Å². The van der Waals surface area contributed by atoms with Gasteiger partial charge in [-0.1, -0.05) is 6.92 Å². The molecular weight excluding hydrogens is 214 g/mol. The van der Waals surface area contributed by atoms with Crippen molar-refractivity contribution >= 4 is 9.84 Å². The van der Waals surface area contributed by atoms with E-state index in [1.807, 2.05) is 0 Å². The van der Waals surface area contributed by atoms with Crippen molar-refractivity contribution in [1.29, 1.82) is 0 Å². The summed E-state index contributed by atoms with van der Waals surface area (Å²) in [6, 6.07) is 0. The minimum atomic E-state index is -2.97. The van der Waals surface area contributed by atoms with E-state index in [0.29, 0.717) is 12.8 Å². The summed E-state index contributed by atoms with van der Waals surface area (Å²) in [5.41, 5.74) is -0.885. The Bertz CT molecular complexity index is 260. The van der Waals surface area contributed by atoms with Crippen molar-refractivity contribution in [3.63, 3.8) is 0 Å². The first-order valence-corrected chi connectivity index (χ1v) is 7.44. The minimum Gasteiger partial charge on any atom is -0.390 e. The van der Waals surface area contributed by atoms with Gasteiger partial charge in [0, 0.05) is 6.26 Å². The highest BCUT2D eigenvalue weighted by molar-refractivity contribution is 7.90. The van der Waals surface area contributed by atoms with Crippen LogP contribution in [0.3, 0.4) is 0 Å². The predicted octanol–water partition coefficient (Wildman–Crippen LogP) is 0.562. The third-order valence-electron chi connectivity index (χ3n) is 2.28. The van der Waals surface area contributed by atoms with E-state index in [-0.39, 0.29) is 5.75 Å². The topological polar surface area (TPSA) is 66.4 Å². The zero-order chi connectivity index (χ0) is 11.9. The molecule has 0 bridgehead atoms. The van der Waals surface area contributed by atoms with Gasteiger partial charge in [-0.3, -0.25) is 0 Å². The number of hydrogen-bond acceptors (Lipinski definition) is 4. The Morgan fingerprint density at radius 1 is 1.27 bits per heavy atom. The van der Waals surface area contributed by atoms with Crippen molar-refractivity contribution in [3.8, 4) is 0 Å². The van der Waals surface area contributed by atoms with Crippen LogP contribution in [0.25, 0.3) is 0 Å². The zero-order valence-electron chi connectivity index (χ0n) is 9.91. The van der Waals surface area contributed by atoms with Crippen LogP contribution in [0.4, 0.5) is 0 Å². The Balaban J connectivity index is 3.77. The van der Waals surface area contributed by atoms with Crippen LogP contribution in [0.2, 0.25) is 0 Å². The van der Waals surface area contributed by atoms with Crippen molar-refractivity contribution in [2.24, 2.45) is 0 Å². The summed E-state index contributed by atoms with van der Waals surface area (Å²) in [4.78, 5) is 0. The summed E-state index contributed by atoms with van der Waals surface area (Å²) < 4.78 is 21.9. The molecule has 2 N–H and O–H groups in total. The fraction of sp³-hybridized carbons (Fsp3) is 1.00. The molecule has 1 unspecified atom stereocenters. The molecule has 0 aliphatic carbocycles. The second kappa shape index (κ2) is 6.45. The molecule has 0 saturated carbocycles. The molecule has 0 aromatic carbocycles. The van der Waals surface area contributed by atoms with E-state index in [2.05, 4.69) is 12.2 Å². The van der Waals surface area contributed by atoms with Gasteiger partial charge in [0.25, 0.3) is 0 Å². The lowest BCUT2D eigenvalue weighted by molar-refractivity contribution is 0.0481. The van der Waals surface area contributed by atoms with Gasteiger partial charge in [-0.15, -0.1) is 0 Å². The first-order valence-electron chi connectivity index (χ1n) is 5.38. The van der Waals surface area contributed by atoms with Gasteiger partial charge in [-0.25, -0.2) is 8.42 Å². The summed E-state index contributed by atoms with van der Waals surface area (Å²) in [7, 11) is -2.97. The average Bonchev–Trinajstić information content (AvgIpc) is 2.09. The first kappa shape index (κ1) is 14.9. The molecule has 4 nitrogen and oxygen atoms in total. The van der Waals surface area contributed by atoms with Gasteiger partial charge >= 0.3 is 0 Å². The molecule has 0 saturated heterocycles. The summed E-state index contributed by atoms with van der Waals surface area (Å²) >= 11 is 0. The number of rotatable bonds is 8. The average molecular weight is 237 g/mol. The third-order valence-corrected chi connectivity index (χ3v) is 3.22. The molecule has 0 rings (SSSR count). The van der Waals surface area contributed by atoms with Gasteiger partial charge in [0.2, 0.25) is 0 Å². The van der Waals surface area contributed by atoms with Gasteiger partial charge < -0.3 is 10.4 Å². The lowest BCUT2D eigenvalue weighted by Gasteiger charge is -2.22. The fourth-order valence-corrected chi connectivity index (χ4v) is 2.00. The summed E-state index contributed by atoms with van der Waals surface area (Å²) in [6.45, 7) is 5.42. The van der Waals surface area contributed by atoms with Gasteiger partial charge in [0.05, 0.1) is 11.4 Å². The van der Waals surface area contributed by atoms with Gasteiger partial charge in [-0.05, 0) is 39.3 Å². The maximum Gasteiger partial charge on any atom is 0.147 e. The SMILES string of the molecule is CCCNCCC(C)(O)CCS(C)(=O)=O. The van der Waals surface area contributed by atoms with Gasteiger partial charge in [-0.2, -0.15) is 0 Å². The molecule has 5 heteroatoms. The molecular formula is C10H23NO3S. The van der Waals surface area contributed by atoms with Crippen molar-refractivity contribution in [1.82, 2.24) is 5.32 Å². The van der Waals surface area contributed by atoms with E-state index in [4.69, 9.17) is 0 Å². The van der Waals surface area contributed by atoms with Crippen molar-refractivity contribution < 1.29 is 13.5 Å². The second-order valence-electron chi connectivity index (χ2n) is 4.38. The molecule has 0 amide bonds. The molecule has 0 aromatic heterocycles. The Kier molecular flexibility index (Phi) is 6.40. The molecule has 0 aliphatic rings. The number of hydrogen-bond donors (Lipinski definition) is 2. The maximum absolute atomic E-state index is 10.9. The van der Waals surface area contributed by atoms with Crippen LogP contribution in [0, 0.1) is 0 Å². The zero-order valence-corrected chi connectivity index (χ0v) is 10.7. The molecule has 0 fully saturated rings. The van der Waals surface area contributed by atoms with E-state index < -0.39 is 15.4 Å². The van der Waals surface area contributed by atoms with Crippen LogP contribution >= 0.6 is 0 Å².